The molecule has 34 heavy (non-hydrogen) atoms. The van der Waals surface area contributed by atoms with Crippen LogP contribution in [-0.4, -0.2) is 33.6 Å². The molecule has 1 atom stereocenters. The molecule has 0 saturated carbocycles. The summed E-state index contributed by atoms with van der Waals surface area (Å²) in [5.41, 5.74) is 8.05. The Morgan fingerprint density at radius 3 is 2.09 bits per heavy atom. The first-order valence-corrected chi connectivity index (χ1v) is 10.6. The number of rotatable bonds is 6. The van der Waals surface area contributed by atoms with E-state index in [1.165, 1.54) is 24.3 Å². The van der Waals surface area contributed by atoms with Crippen LogP contribution in [0.1, 0.15) is 26.3 Å². The van der Waals surface area contributed by atoms with Crippen molar-refractivity contribution in [3.8, 4) is 11.1 Å². The minimum atomic E-state index is -1.08. The fraction of sp³-hybridized carbons (Fsp3) is 0.240. The summed E-state index contributed by atoms with van der Waals surface area (Å²) in [5.74, 6) is -0.649. The minimum Gasteiger partial charge on any atom is -0.443 e. The Morgan fingerprint density at radius 2 is 1.56 bits per heavy atom. The number of hydrogen-bond donors (Lipinski definition) is 1. The lowest BCUT2D eigenvalue weighted by Gasteiger charge is -2.28. The van der Waals surface area contributed by atoms with Crippen molar-refractivity contribution in [2.45, 2.75) is 38.8 Å². The topological polar surface area (TPSA) is 129 Å². The number of anilines is 1. The molecule has 9 nitrogen and oxygen atoms in total. The number of benzene rings is 2. The summed E-state index contributed by atoms with van der Waals surface area (Å²) in [5, 5.41) is 10.9. The van der Waals surface area contributed by atoms with E-state index >= 15 is 0 Å². The van der Waals surface area contributed by atoms with Crippen LogP contribution in [0, 0.1) is 10.1 Å². The van der Waals surface area contributed by atoms with Crippen molar-refractivity contribution in [2.24, 2.45) is 5.73 Å². The van der Waals surface area contributed by atoms with Crippen LogP contribution in [-0.2, 0) is 16.0 Å². The summed E-state index contributed by atoms with van der Waals surface area (Å²) in [6, 6.07) is 15.3. The van der Waals surface area contributed by atoms with Gasteiger partial charge in [-0.15, -0.1) is 0 Å². The number of nitro benzene ring substituents is 1. The highest BCUT2D eigenvalue weighted by atomic mass is 16.6. The zero-order valence-corrected chi connectivity index (χ0v) is 19.2. The zero-order chi connectivity index (χ0) is 24.9. The lowest BCUT2D eigenvalue weighted by molar-refractivity contribution is -0.384. The zero-order valence-electron chi connectivity index (χ0n) is 19.2. The molecule has 0 spiro atoms. The highest BCUT2D eigenvalue weighted by Gasteiger charge is 2.32. The molecule has 0 bridgehead atoms. The number of imide groups is 1. The molecule has 0 unspecified atom stereocenters. The van der Waals surface area contributed by atoms with Gasteiger partial charge in [0.25, 0.3) is 11.6 Å². The molecule has 0 aliphatic carbocycles. The van der Waals surface area contributed by atoms with Gasteiger partial charge in [0.15, 0.2) is 0 Å². The summed E-state index contributed by atoms with van der Waals surface area (Å²) in [6.45, 7) is 5.12. The summed E-state index contributed by atoms with van der Waals surface area (Å²) < 4.78 is 5.46. The average molecular weight is 463 g/mol. The van der Waals surface area contributed by atoms with Crippen LogP contribution in [0.4, 0.5) is 16.2 Å². The molecule has 176 valence electrons. The van der Waals surface area contributed by atoms with Crippen LogP contribution in [0.5, 0.6) is 0 Å². The third kappa shape index (κ3) is 6.23. The van der Waals surface area contributed by atoms with Crippen LogP contribution in [0.2, 0.25) is 0 Å². The van der Waals surface area contributed by atoms with Crippen LogP contribution in [0.15, 0.2) is 73.1 Å². The van der Waals surface area contributed by atoms with E-state index in [0.717, 1.165) is 16.0 Å². The first-order valence-electron chi connectivity index (χ1n) is 10.6. The lowest BCUT2D eigenvalue weighted by atomic mass is 10.0. The molecule has 2 amide bonds. The Hall–Kier alpha value is -4.11. The molecule has 2 aromatic carbocycles. The fourth-order valence-corrected chi connectivity index (χ4v) is 3.24. The highest BCUT2D eigenvalue weighted by molar-refractivity contribution is 6.14. The smallest absolute Gasteiger partial charge is 0.421 e. The second kappa shape index (κ2) is 10.2. The molecular weight excluding hydrogens is 436 g/mol. The van der Waals surface area contributed by atoms with Crippen molar-refractivity contribution < 1.29 is 19.2 Å². The maximum Gasteiger partial charge on any atom is 0.421 e. The average Bonchev–Trinajstić information content (AvgIpc) is 2.79. The normalized spacial score (nSPS) is 12.0. The molecule has 3 rings (SSSR count). The van der Waals surface area contributed by atoms with Gasteiger partial charge < -0.3 is 10.5 Å². The van der Waals surface area contributed by atoms with Gasteiger partial charge in [0.1, 0.15) is 5.60 Å². The summed E-state index contributed by atoms with van der Waals surface area (Å²) in [6.07, 6.45) is 2.60. The monoisotopic (exact) mass is 462 g/mol. The summed E-state index contributed by atoms with van der Waals surface area (Å²) >= 11 is 0. The van der Waals surface area contributed by atoms with E-state index in [4.69, 9.17) is 10.5 Å². The van der Waals surface area contributed by atoms with E-state index < -0.39 is 28.6 Å². The largest absolute Gasteiger partial charge is 0.443 e. The minimum absolute atomic E-state index is 0.0617. The number of nitro groups is 1. The van der Waals surface area contributed by atoms with E-state index in [2.05, 4.69) is 4.98 Å². The first-order chi connectivity index (χ1) is 16.0. The van der Waals surface area contributed by atoms with Crippen molar-refractivity contribution in [1.29, 1.82) is 0 Å². The molecular formula is C25H26N4O5. The molecule has 2 N–H and O–H groups in total. The Balaban J connectivity index is 1.86. The number of hydrogen-bond acceptors (Lipinski definition) is 7. The van der Waals surface area contributed by atoms with Gasteiger partial charge in [-0.05, 0) is 68.1 Å². The predicted octanol–water partition coefficient (Wildman–Crippen LogP) is 4.49. The van der Waals surface area contributed by atoms with E-state index in [0.29, 0.717) is 11.3 Å². The Labute approximate surface area is 197 Å². The second-order valence-corrected chi connectivity index (χ2v) is 8.67. The van der Waals surface area contributed by atoms with Gasteiger partial charge in [-0.25, -0.2) is 9.69 Å². The quantitative estimate of drug-likeness (QED) is 0.422. The first kappa shape index (κ1) is 24.5. The van der Waals surface area contributed by atoms with Crippen molar-refractivity contribution in [3.05, 3.63) is 88.7 Å². The van der Waals surface area contributed by atoms with Crippen LogP contribution in [0.25, 0.3) is 11.1 Å². The number of ether oxygens (including phenoxy) is 1. The Morgan fingerprint density at radius 1 is 1.00 bits per heavy atom. The number of aromatic nitrogens is 1. The fourth-order valence-electron chi connectivity index (χ4n) is 3.24. The SMILES string of the molecule is CC(C)(C)OC(=O)N(C(=O)[C@H](N)Cc1ccc([N+](=O)[O-])cc1)c1ccc(-c2ccncc2)cc1. The van der Waals surface area contributed by atoms with Crippen molar-refractivity contribution in [1.82, 2.24) is 4.98 Å². The molecule has 0 aliphatic heterocycles. The van der Waals surface area contributed by atoms with Gasteiger partial charge in [-0.2, -0.15) is 0 Å². The maximum atomic E-state index is 13.3. The van der Waals surface area contributed by atoms with Crippen LogP contribution in [0.3, 0.4) is 0 Å². The van der Waals surface area contributed by atoms with Gasteiger partial charge in [0, 0.05) is 24.5 Å². The molecule has 3 aromatic rings. The molecule has 1 heterocycles. The van der Waals surface area contributed by atoms with Crippen LogP contribution >= 0.6 is 0 Å². The maximum absolute atomic E-state index is 13.3. The van der Waals surface area contributed by atoms with E-state index in [9.17, 15) is 19.7 Å². The lowest BCUT2D eigenvalue weighted by Crippen LogP contribution is -2.49. The van der Waals surface area contributed by atoms with E-state index in [-0.39, 0.29) is 12.1 Å². The number of carbonyl (C=O) groups is 2. The Bertz CT molecular complexity index is 1160. The standard InChI is InChI=1S/C25H26N4O5/c1-25(2,3)34-24(31)28(20-10-6-18(7-11-20)19-12-14-27-15-13-19)23(30)22(26)16-17-4-8-21(9-5-17)29(32)33/h4-15,22H,16,26H2,1-3H3/t22-/m1/s1. The number of nitrogens with two attached hydrogens (primary N) is 1. The van der Waals surface area contributed by atoms with Gasteiger partial charge >= 0.3 is 6.09 Å². The molecule has 0 saturated heterocycles. The molecule has 1 aromatic heterocycles. The van der Waals surface area contributed by atoms with Crippen LogP contribution < -0.4 is 10.6 Å². The molecule has 0 fully saturated rings. The third-order valence-electron chi connectivity index (χ3n) is 4.86. The van der Waals surface area contributed by atoms with Gasteiger partial charge in [-0.3, -0.25) is 19.9 Å². The number of amides is 2. The van der Waals surface area contributed by atoms with E-state index in [1.54, 1.807) is 57.4 Å². The van der Waals surface area contributed by atoms with Gasteiger partial charge in [0.05, 0.1) is 16.7 Å². The van der Waals surface area contributed by atoms with Gasteiger partial charge in [-0.1, -0.05) is 24.3 Å². The molecule has 0 radical (unpaired) electrons. The number of carbonyl (C=O) groups excluding carboxylic acids is 2. The van der Waals surface area contributed by atoms with Crippen molar-refractivity contribution in [3.63, 3.8) is 0 Å². The predicted molar refractivity (Wildman–Crippen MR) is 128 cm³/mol. The Kier molecular flexibility index (Phi) is 7.37. The second-order valence-electron chi connectivity index (χ2n) is 8.67. The number of pyridine rings is 1. The van der Waals surface area contributed by atoms with Gasteiger partial charge in [0.2, 0.25) is 0 Å². The number of nitrogens with zero attached hydrogens (tertiary/aromatic N) is 3. The summed E-state index contributed by atoms with van der Waals surface area (Å²) in [4.78, 5) is 41.5. The van der Waals surface area contributed by atoms with Crippen molar-refractivity contribution >= 4 is 23.4 Å². The third-order valence-corrected chi connectivity index (χ3v) is 4.86. The summed E-state index contributed by atoms with van der Waals surface area (Å²) in [7, 11) is 0. The van der Waals surface area contributed by atoms with Crippen molar-refractivity contribution in [2.75, 3.05) is 4.90 Å². The van der Waals surface area contributed by atoms with E-state index in [1.807, 2.05) is 12.1 Å². The molecule has 0 aliphatic rings. The number of non-ortho nitro benzene ring substituents is 1. The highest BCUT2D eigenvalue weighted by Crippen LogP contribution is 2.25. The molecule has 9 heteroatoms.